The van der Waals surface area contributed by atoms with Gasteiger partial charge in [-0.15, -0.1) is 0 Å². The monoisotopic (exact) mass is 786 g/mol. The van der Waals surface area contributed by atoms with Gasteiger partial charge in [0, 0.05) is 16.7 Å². The predicted octanol–water partition coefficient (Wildman–Crippen LogP) is 16.2. The van der Waals surface area contributed by atoms with Crippen LogP contribution in [0.3, 0.4) is 0 Å². The second-order valence-corrected chi connectivity index (χ2v) is 16.0. The zero-order chi connectivity index (χ0) is 41.0. The van der Waals surface area contributed by atoms with E-state index in [1.807, 2.05) is 6.07 Å². The van der Waals surface area contributed by atoms with Crippen LogP contribution >= 0.6 is 0 Å². The van der Waals surface area contributed by atoms with Gasteiger partial charge < -0.3 is 0 Å². The van der Waals surface area contributed by atoms with Crippen LogP contribution in [0.5, 0.6) is 0 Å². The van der Waals surface area contributed by atoms with Gasteiger partial charge in [-0.25, -0.2) is 9.97 Å². The maximum atomic E-state index is 5.34. The van der Waals surface area contributed by atoms with Crippen LogP contribution in [0.2, 0.25) is 0 Å². The first-order valence-electron chi connectivity index (χ1n) is 21.2. The highest BCUT2D eigenvalue weighted by molar-refractivity contribution is 6.29. The average Bonchev–Trinajstić information content (AvgIpc) is 3.35. The molecule has 0 aliphatic rings. The summed E-state index contributed by atoms with van der Waals surface area (Å²) in [5.74, 6) is 0.697. The van der Waals surface area contributed by atoms with Crippen LogP contribution in [0.15, 0.2) is 231 Å². The molecule has 12 rings (SSSR count). The van der Waals surface area contributed by atoms with E-state index in [2.05, 4.69) is 224 Å². The molecule has 0 saturated carbocycles. The molecule has 0 amide bonds. The van der Waals surface area contributed by atoms with Crippen LogP contribution in [-0.4, -0.2) is 9.97 Å². The largest absolute Gasteiger partial charge is 0.228 e. The molecule has 0 bridgehead atoms. The van der Waals surface area contributed by atoms with E-state index in [1.165, 1.54) is 76.3 Å². The van der Waals surface area contributed by atoms with Crippen molar-refractivity contribution in [2.45, 2.75) is 0 Å². The lowest BCUT2D eigenvalue weighted by molar-refractivity contribution is 1.18. The molecule has 0 atom stereocenters. The van der Waals surface area contributed by atoms with Gasteiger partial charge >= 0.3 is 0 Å². The van der Waals surface area contributed by atoms with Crippen molar-refractivity contribution < 1.29 is 0 Å². The van der Waals surface area contributed by atoms with E-state index in [1.54, 1.807) is 0 Å². The second kappa shape index (κ2) is 14.8. The highest BCUT2D eigenvalue weighted by Crippen LogP contribution is 2.48. The fourth-order valence-corrected chi connectivity index (χ4v) is 9.56. The third-order valence-corrected chi connectivity index (χ3v) is 12.4. The van der Waals surface area contributed by atoms with E-state index in [-0.39, 0.29) is 0 Å². The molecule has 0 aliphatic carbocycles. The van der Waals surface area contributed by atoms with Crippen molar-refractivity contribution in [1.82, 2.24) is 9.97 Å². The van der Waals surface area contributed by atoms with Crippen LogP contribution in [-0.2, 0) is 0 Å². The van der Waals surface area contributed by atoms with Gasteiger partial charge in [0.05, 0.1) is 11.4 Å². The molecular weight excluding hydrogens is 749 g/mol. The zero-order valence-electron chi connectivity index (χ0n) is 33.8. The minimum Gasteiger partial charge on any atom is -0.228 e. The summed E-state index contributed by atoms with van der Waals surface area (Å²) in [7, 11) is 0. The third kappa shape index (κ3) is 6.04. The Morgan fingerprint density at radius 2 is 0.774 bits per heavy atom. The average molecular weight is 787 g/mol. The summed E-state index contributed by atoms with van der Waals surface area (Å²) in [6, 6.07) is 83.1. The Hall–Kier alpha value is -8.20. The van der Waals surface area contributed by atoms with Gasteiger partial charge in [0.2, 0.25) is 0 Å². The second-order valence-electron chi connectivity index (χ2n) is 16.0. The number of hydrogen-bond donors (Lipinski definition) is 0. The molecule has 0 unspecified atom stereocenters. The number of aromatic nitrogens is 2. The van der Waals surface area contributed by atoms with E-state index >= 15 is 0 Å². The Morgan fingerprint density at radius 3 is 1.55 bits per heavy atom. The molecule has 0 saturated heterocycles. The van der Waals surface area contributed by atoms with Crippen molar-refractivity contribution in [3.05, 3.63) is 231 Å². The van der Waals surface area contributed by atoms with Crippen LogP contribution in [0.1, 0.15) is 0 Å². The maximum absolute atomic E-state index is 5.34. The lowest BCUT2D eigenvalue weighted by atomic mass is 9.82. The fraction of sp³-hybridized carbons (Fsp3) is 0. The molecule has 1 heterocycles. The van der Waals surface area contributed by atoms with Crippen LogP contribution in [0.4, 0.5) is 0 Å². The number of nitrogens with zero attached hydrogens (tertiary/aromatic N) is 2. The van der Waals surface area contributed by atoms with E-state index < -0.39 is 0 Å². The molecule has 0 radical (unpaired) electrons. The fourth-order valence-electron chi connectivity index (χ4n) is 9.56. The first kappa shape index (κ1) is 35.7. The van der Waals surface area contributed by atoms with E-state index in [4.69, 9.17) is 9.97 Å². The van der Waals surface area contributed by atoms with Crippen molar-refractivity contribution in [3.8, 4) is 67.3 Å². The minimum atomic E-state index is 0.697. The third-order valence-electron chi connectivity index (χ3n) is 12.4. The van der Waals surface area contributed by atoms with E-state index in [0.717, 1.165) is 39.0 Å². The molecule has 0 fully saturated rings. The Balaban J connectivity index is 1.09. The van der Waals surface area contributed by atoms with Crippen molar-refractivity contribution in [3.63, 3.8) is 0 Å². The molecule has 2 heteroatoms. The highest BCUT2D eigenvalue weighted by Gasteiger charge is 2.21. The number of benzene rings is 11. The summed E-state index contributed by atoms with van der Waals surface area (Å²) >= 11 is 0. The highest BCUT2D eigenvalue weighted by atomic mass is 14.9. The Kier molecular flexibility index (Phi) is 8.53. The Morgan fingerprint density at radius 1 is 0.242 bits per heavy atom. The summed E-state index contributed by atoms with van der Waals surface area (Å²) in [5.41, 5.74) is 12.1. The first-order valence-corrected chi connectivity index (χ1v) is 21.2. The quantitative estimate of drug-likeness (QED) is 0.124. The van der Waals surface area contributed by atoms with Crippen LogP contribution in [0, 0.1) is 0 Å². The number of fused-ring (bicyclic) bond motifs is 6. The summed E-state index contributed by atoms with van der Waals surface area (Å²) in [6.45, 7) is 0. The SMILES string of the molecule is c1ccc(-c2nc(-c3cccc(-c4ccc5ccccc5c4)c3)cc(-c3ccc(-c4c5ccccc5c(-c5ccccc5)c5ccc6ccccc6c45)c4ccccc34)n2)cc1. The van der Waals surface area contributed by atoms with Gasteiger partial charge in [-0.3, -0.25) is 0 Å². The van der Waals surface area contributed by atoms with Gasteiger partial charge in [0.15, 0.2) is 5.82 Å². The van der Waals surface area contributed by atoms with Crippen molar-refractivity contribution in [2.75, 3.05) is 0 Å². The molecule has 2 nitrogen and oxygen atoms in total. The molecule has 1 aromatic heterocycles. The zero-order valence-corrected chi connectivity index (χ0v) is 33.8. The van der Waals surface area contributed by atoms with E-state index in [0.29, 0.717) is 5.82 Å². The minimum absolute atomic E-state index is 0.697. The normalized spacial score (nSPS) is 11.5. The molecule has 11 aromatic carbocycles. The van der Waals surface area contributed by atoms with Crippen LogP contribution in [0.25, 0.3) is 121 Å². The van der Waals surface area contributed by atoms with Gasteiger partial charge in [0.25, 0.3) is 0 Å². The lowest BCUT2D eigenvalue weighted by Gasteiger charge is -2.21. The topological polar surface area (TPSA) is 25.8 Å². The molecule has 0 spiro atoms. The van der Waals surface area contributed by atoms with Gasteiger partial charge in [0.1, 0.15) is 0 Å². The summed E-state index contributed by atoms with van der Waals surface area (Å²) < 4.78 is 0. The van der Waals surface area contributed by atoms with E-state index in [9.17, 15) is 0 Å². The summed E-state index contributed by atoms with van der Waals surface area (Å²) in [6.07, 6.45) is 0. The predicted molar refractivity (Wildman–Crippen MR) is 262 cm³/mol. The summed E-state index contributed by atoms with van der Waals surface area (Å²) in [5, 5.41) is 12.2. The summed E-state index contributed by atoms with van der Waals surface area (Å²) in [4.78, 5) is 10.6. The molecule has 0 aliphatic heterocycles. The standard InChI is InChI=1S/C60H38N2/c1-3-18-41(19-4-1)57-51-28-13-14-29-52(51)59(58-47-25-10-9-17-40(47)32-33-54(57)58)53-35-34-50(48-26-11-12-27-49(48)53)56-38-55(61-60(62-56)42-20-5-2-6-21-42)46-24-15-23-44(37-46)45-31-30-39-16-7-8-22-43(39)36-45/h1-38H. The smallest absolute Gasteiger partial charge is 0.160 e. The molecule has 288 valence electrons. The molecular formula is C60H38N2. The Labute approximate surface area is 360 Å². The number of hydrogen-bond acceptors (Lipinski definition) is 2. The molecule has 12 aromatic rings. The van der Waals surface area contributed by atoms with Crippen molar-refractivity contribution >= 4 is 53.9 Å². The molecule has 0 N–H and O–H groups in total. The Bertz CT molecular complexity index is 3680. The van der Waals surface area contributed by atoms with Crippen molar-refractivity contribution in [2.24, 2.45) is 0 Å². The number of rotatable bonds is 6. The van der Waals surface area contributed by atoms with Gasteiger partial charge in [-0.2, -0.15) is 0 Å². The lowest BCUT2D eigenvalue weighted by Crippen LogP contribution is -1.97. The maximum Gasteiger partial charge on any atom is 0.160 e. The molecule has 62 heavy (non-hydrogen) atoms. The van der Waals surface area contributed by atoms with Gasteiger partial charge in [-0.1, -0.05) is 212 Å². The van der Waals surface area contributed by atoms with Crippen molar-refractivity contribution in [1.29, 1.82) is 0 Å². The van der Waals surface area contributed by atoms with Crippen LogP contribution < -0.4 is 0 Å². The van der Waals surface area contributed by atoms with Gasteiger partial charge in [-0.05, 0) is 105 Å². The first-order chi connectivity index (χ1) is 30.7.